The Bertz CT molecular complexity index is 748. The van der Waals surface area contributed by atoms with E-state index in [1.807, 2.05) is 7.05 Å². The van der Waals surface area contributed by atoms with Gasteiger partial charge in [0.15, 0.2) is 10.8 Å². The number of nitrogen functional groups attached to an aromatic ring is 1. The first-order chi connectivity index (χ1) is 9.97. The zero-order valence-corrected chi connectivity index (χ0v) is 12.5. The van der Waals surface area contributed by atoms with Gasteiger partial charge in [0.05, 0.1) is 0 Å². The first-order valence-electron chi connectivity index (χ1n) is 6.66. The molecule has 0 aromatic carbocycles. The predicted molar refractivity (Wildman–Crippen MR) is 79.0 cm³/mol. The van der Waals surface area contributed by atoms with E-state index in [9.17, 15) is 8.42 Å². The average molecular weight is 310 g/mol. The Kier molecular flexibility index (Phi) is 3.57. The van der Waals surface area contributed by atoms with Gasteiger partial charge >= 0.3 is 0 Å². The first-order valence-corrected chi connectivity index (χ1v) is 8.14. The van der Waals surface area contributed by atoms with Crippen molar-refractivity contribution in [3.8, 4) is 0 Å². The Balaban J connectivity index is 1.92. The maximum absolute atomic E-state index is 12.6. The molecule has 0 atom stereocenters. The van der Waals surface area contributed by atoms with Crippen molar-refractivity contribution in [1.29, 1.82) is 0 Å². The van der Waals surface area contributed by atoms with Crippen LogP contribution < -0.4 is 10.6 Å². The van der Waals surface area contributed by atoms with E-state index in [2.05, 4.69) is 14.7 Å². The largest absolute Gasteiger partial charge is 0.381 e. The molecule has 1 aliphatic rings. The van der Waals surface area contributed by atoms with Gasteiger partial charge in [-0.1, -0.05) is 6.07 Å². The summed E-state index contributed by atoms with van der Waals surface area (Å²) in [6.45, 7) is 2.88. The Morgan fingerprint density at radius 3 is 2.67 bits per heavy atom. The smallest absolute Gasteiger partial charge is 0.273 e. The van der Waals surface area contributed by atoms with E-state index in [0.717, 1.165) is 13.1 Å². The van der Waals surface area contributed by atoms with Crippen LogP contribution in [0.3, 0.4) is 0 Å². The summed E-state index contributed by atoms with van der Waals surface area (Å²) in [5.74, 6) is 0.00262. The molecule has 114 valence electrons. The predicted octanol–water partition coefficient (Wildman–Crippen LogP) is -0.643. The Morgan fingerprint density at radius 1 is 1.24 bits per heavy atom. The summed E-state index contributed by atoms with van der Waals surface area (Å²) in [4.78, 5) is 8.81. The summed E-state index contributed by atoms with van der Waals surface area (Å²) in [6.07, 6.45) is 1.64. The van der Waals surface area contributed by atoms with Gasteiger partial charge < -0.3 is 10.6 Å². The van der Waals surface area contributed by atoms with Gasteiger partial charge in [0.1, 0.15) is 5.65 Å². The summed E-state index contributed by atoms with van der Waals surface area (Å²) >= 11 is 0. The number of hydrogen-bond acceptors (Lipinski definition) is 6. The highest BCUT2D eigenvalue weighted by molar-refractivity contribution is 7.89. The molecule has 9 heteroatoms. The molecule has 2 aromatic rings. The summed E-state index contributed by atoms with van der Waals surface area (Å²) in [6, 6.07) is 5.24. The number of anilines is 1. The van der Waals surface area contributed by atoms with Crippen molar-refractivity contribution in [2.45, 2.75) is 5.03 Å². The molecule has 0 bridgehead atoms. The van der Waals surface area contributed by atoms with E-state index in [0.29, 0.717) is 18.7 Å². The molecular weight excluding hydrogens is 292 g/mol. The van der Waals surface area contributed by atoms with Gasteiger partial charge in [-0.15, -0.1) is 4.83 Å². The van der Waals surface area contributed by atoms with Gasteiger partial charge in [0.25, 0.3) is 10.0 Å². The minimum atomic E-state index is -3.76. The fourth-order valence-corrected chi connectivity index (χ4v) is 3.71. The topological polar surface area (TPSA) is 96.0 Å². The number of nitrogens with zero attached hydrogens (tertiary/aromatic N) is 4. The van der Waals surface area contributed by atoms with Gasteiger partial charge in [-0.25, -0.2) is 18.4 Å². The summed E-state index contributed by atoms with van der Waals surface area (Å²) in [5, 5.41) is 1.67. The Hall–Kier alpha value is -1.68. The summed E-state index contributed by atoms with van der Waals surface area (Å²) < 4.78 is 26.6. The quantitative estimate of drug-likeness (QED) is 0.783. The van der Waals surface area contributed by atoms with E-state index in [-0.39, 0.29) is 10.8 Å². The molecule has 0 spiro atoms. The molecule has 3 heterocycles. The number of imidazole rings is 1. The lowest BCUT2D eigenvalue weighted by atomic mass is 10.4. The average Bonchev–Trinajstić information content (AvgIpc) is 2.77. The minimum Gasteiger partial charge on any atom is -0.381 e. The number of hydrazine groups is 1. The van der Waals surface area contributed by atoms with Crippen molar-refractivity contribution < 1.29 is 8.42 Å². The fourth-order valence-electron chi connectivity index (χ4n) is 2.37. The van der Waals surface area contributed by atoms with E-state index in [1.54, 1.807) is 29.4 Å². The lowest BCUT2D eigenvalue weighted by Gasteiger charge is -2.31. The molecule has 0 radical (unpaired) electrons. The van der Waals surface area contributed by atoms with Crippen LogP contribution in [0, 0.1) is 0 Å². The minimum absolute atomic E-state index is 0.00262. The normalized spacial score (nSPS) is 18.3. The lowest BCUT2D eigenvalue weighted by molar-refractivity contribution is 0.134. The molecule has 1 saturated heterocycles. The molecule has 3 rings (SSSR count). The molecule has 2 aromatic heterocycles. The highest BCUT2D eigenvalue weighted by Crippen LogP contribution is 2.20. The number of likely N-dealkylation sites (N-methyl/N-ethyl adjacent to an activating group) is 1. The molecule has 0 saturated carbocycles. The second-order valence-electron chi connectivity index (χ2n) is 5.12. The van der Waals surface area contributed by atoms with Gasteiger partial charge in [0.2, 0.25) is 0 Å². The first kappa shape index (κ1) is 14.3. The third kappa shape index (κ3) is 2.72. The fraction of sp³-hybridized carbons (Fsp3) is 0.417. The number of fused-ring (bicyclic) bond motifs is 1. The second kappa shape index (κ2) is 5.26. The van der Waals surface area contributed by atoms with Crippen molar-refractivity contribution in [2.24, 2.45) is 0 Å². The number of piperazine rings is 1. The van der Waals surface area contributed by atoms with E-state index < -0.39 is 10.0 Å². The van der Waals surface area contributed by atoms with Crippen LogP contribution in [0.5, 0.6) is 0 Å². The number of hydrogen-bond donors (Lipinski definition) is 2. The molecule has 21 heavy (non-hydrogen) atoms. The van der Waals surface area contributed by atoms with Crippen LogP contribution in [0.2, 0.25) is 0 Å². The number of rotatable bonds is 3. The highest BCUT2D eigenvalue weighted by atomic mass is 32.2. The molecule has 8 nitrogen and oxygen atoms in total. The maximum Gasteiger partial charge on any atom is 0.273 e. The molecule has 0 unspecified atom stereocenters. The standard InChI is InChI=1S/C12H18N6O2S/c1-16-6-8-17(9-7-16)15-21(19,20)12-11(13)14-10-4-2-3-5-18(10)12/h2-5,15H,6-9,13H2,1H3. The third-order valence-corrected chi connectivity index (χ3v) is 4.93. The monoisotopic (exact) mass is 310 g/mol. The second-order valence-corrected chi connectivity index (χ2v) is 6.69. The zero-order chi connectivity index (χ0) is 15.0. The van der Waals surface area contributed by atoms with Crippen molar-refractivity contribution in [3.05, 3.63) is 24.4 Å². The molecule has 0 amide bonds. The Morgan fingerprint density at radius 2 is 1.95 bits per heavy atom. The van der Waals surface area contributed by atoms with Gasteiger partial charge in [-0.05, 0) is 19.2 Å². The Labute approximate surface area is 123 Å². The number of nitrogens with one attached hydrogen (secondary N) is 1. The van der Waals surface area contributed by atoms with Crippen molar-refractivity contribution in [1.82, 2.24) is 24.1 Å². The van der Waals surface area contributed by atoms with Crippen LogP contribution in [0.15, 0.2) is 29.4 Å². The third-order valence-electron chi connectivity index (χ3n) is 3.52. The zero-order valence-electron chi connectivity index (χ0n) is 11.7. The van der Waals surface area contributed by atoms with Gasteiger partial charge in [-0.2, -0.15) is 0 Å². The number of pyridine rings is 1. The van der Waals surface area contributed by atoms with Crippen LogP contribution >= 0.6 is 0 Å². The number of sulfonamides is 1. The number of aromatic nitrogens is 2. The van der Waals surface area contributed by atoms with E-state index in [1.165, 1.54) is 4.40 Å². The molecule has 0 aliphatic carbocycles. The molecule has 3 N–H and O–H groups in total. The molecule has 1 aliphatic heterocycles. The SMILES string of the molecule is CN1CCN(NS(=O)(=O)c2c(N)nc3ccccn23)CC1. The van der Waals surface area contributed by atoms with Crippen molar-refractivity contribution in [3.63, 3.8) is 0 Å². The molecular formula is C12H18N6O2S. The van der Waals surface area contributed by atoms with Crippen LogP contribution in [-0.2, 0) is 10.0 Å². The number of nitrogens with two attached hydrogens (primary N) is 1. The van der Waals surface area contributed by atoms with E-state index in [4.69, 9.17) is 5.73 Å². The summed E-state index contributed by atoms with van der Waals surface area (Å²) in [5.41, 5.74) is 6.30. The van der Waals surface area contributed by atoms with Crippen molar-refractivity contribution in [2.75, 3.05) is 39.0 Å². The van der Waals surface area contributed by atoms with Crippen LogP contribution in [0.4, 0.5) is 5.82 Å². The molecule has 1 fully saturated rings. The van der Waals surface area contributed by atoms with Gasteiger partial charge in [-0.3, -0.25) is 4.40 Å². The summed E-state index contributed by atoms with van der Waals surface area (Å²) in [7, 11) is -1.75. The van der Waals surface area contributed by atoms with Crippen LogP contribution in [0.1, 0.15) is 0 Å². The van der Waals surface area contributed by atoms with Crippen LogP contribution in [-0.4, -0.2) is 60.9 Å². The van der Waals surface area contributed by atoms with Crippen LogP contribution in [0.25, 0.3) is 5.65 Å². The van der Waals surface area contributed by atoms with Crippen molar-refractivity contribution >= 4 is 21.5 Å². The maximum atomic E-state index is 12.6. The van der Waals surface area contributed by atoms with E-state index >= 15 is 0 Å². The highest BCUT2D eigenvalue weighted by Gasteiger charge is 2.27. The lowest BCUT2D eigenvalue weighted by Crippen LogP contribution is -2.52. The van der Waals surface area contributed by atoms with Gasteiger partial charge in [0, 0.05) is 32.4 Å².